The minimum absolute atomic E-state index is 0.222. The summed E-state index contributed by atoms with van der Waals surface area (Å²) in [6.45, 7) is 0.775. The lowest BCUT2D eigenvalue weighted by atomic mass is 9.79. The lowest BCUT2D eigenvalue weighted by Gasteiger charge is -2.34. The Kier molecular flexibility index (Phi) is 3.10. The van der Waals surface area contributed by atoms with Gasteiger partial charge in [0.2, 0.25) is 0 Å². The summed E-state index contributed by atoms with van der Waals surface area (Å²) in [7, 11) is 0. The number of aliphatic hydroxyl groups is 1. The first kappa shape index (κ1) is 12.3. The number of anilines is 1. The minimum atomic E-state index is -0.390. The van der Waals surface area contributed by atoms with E-state index in [-0.39, 0.29) is 12.7 Å². The molecule has 2 aliphatic rings. The van der Waals surface area contributed by atoms with Crippen LogP contribution in [0.4, 0.5) is 10.5 Å². The van der Waals surface area contributed by atoms with E-state index in [0.717, 1.165) is 25.7 Å². The zero-order valence-electron chi connectivity index (χ0n) is 10.7. The molecule has 1 aromatic heterocycles. The van der Waals surface area contributed by atoms with E-state index in [1.165, 1.54) is 6.33 Å². The maximum absolute atomic E-state index is 12.0. The lowest BCUT2D eigenvalue weighted by molar-refractivity contribution is 0.00558. The van der Waals surface area contributed by atoms with Crippen molar-refractivity contribution in [1.82, 2.24) is 9.97 Å². The second-order valence-corrected chi connectivity index (χ2v) is 5.36. The van der Waals surface area contributed by atoms with Gasteiger partial charge in [-0.2, -0.15) is 0 Å². The predicted molar refractivity (Wildman–Crippen MR) is 67.6 cm³/mol. The maximum atomic E-state index is 12.0. The number of amides is 1. The Hall–Kier alpha value is -1.69. The van der Waals surface area contributed by atoms with Crippen LogP contribution in [0.25, 0.3) is 0 Å². The third-order valence-corrected chi connectivity index (χ3v) is 4.10. The summed E-state index contributed by atoms with van der Waals surface area (Å²) in [5, 5.41) is 9.17. The second kappa shape index (κ2) is 4.77. The summed E-state index contributed by atoms with van der Waals surface area (Å²) in [6.07, 6.45) is 7.79. The molecule has 102 valence electrons. The Morgan fingerprint density at radius 1 is 1.37 bits per heavy atom. The van der Waals surface area contributed by atoms with E-state index in [4.69, 9.17) is 9.84 Å². The van der Waals surface area contributed by atoms with Crippen molar-refractivity contribution in [3.8, 4) is 0 Å². The van der Waals surface area contributed by atoms with Crippen molar-refractivity contribution in [2.45, 2.75) is 31.3 Å². The van der Waals surface area contributed by atoms with Crippen LogP contribution in [-0.2, 0) is 4.74 Å². The van der Waals surface area contributed by atoms with E-state index in [2.05, 4.69) is 9.97 Å². The molecule has 2 heterocycles. The van der Waals surface area contributed by atoms with Crippen molar-refractivity contribution in [3.63, 3.8) is 0 Å². The number of aromatic nitrogens is 2. The van der Waals surface area contributed by atoms with Crippen LogP contribution in [0.15, 0.2) is 18.7 Å². The highest BCUT2D eigenvalue weighted by Gasteiger charge is 2.47. The van der Waals surface area contributed by atoms with Crippen LogP contribution in [0.3, 0.4) is 0 Å². The topological polar surface area (TPSA) is 75.6 Å². The third kappa shape index (κ3) is 2.28. The van der Waals surface area contributed by atoms with Gasteiger partial charge in [0.05, 0.1) is 24.6 Å². The van der Waals surface area contributed by atoms with Crippen LogP contribution in [-0.4, -0.2) is 39.9 Å². The summed E-state index contributed by atoms with van der Waals surface area (Å²) < 4.78 is 5.60. The van der Waals surface area contributed by atoms with Gasteiger partial charge in [0.15, 0.2) is 0 Å². The van der Waals surface area contributed by atoms with Crippen molar-refractivity contribution in [2.75, 3.05) is 18.1 Å². The van der Waals surface area contributed by atoms with Crippen molar-refractivity contribution in [2.24, 2.45) is 5.92 Å². The van der Waals surface area contributed by atoms with Crippen molar-refractivity contribution in [3.05, 3.63) is 18.7 Å². The summed E-state index contributed by atoms with van der Waals surface area (Å²) in [5.74, 6) is 0.346. The van der Waals surface area contributed by atoms with Gasteiger partial charge in [-0.1, -0.05) is 0 Å². The molecule has 3 rings (SSSR count). The molecule has 1 saturated heterocycles. The van der Waals surface area contributed by atoms with Gasteiger partial charge in [-0.25, -0.2) is 14.8 Å². The standard InChI is InChI=1S/C13H17N3O3/c17-7-10-1-3-13(4-2-10)8-16(12(18)19-13)11-5-14-9-15-6-11/h5-6,9-10,17H,1-4,7-8H2/t10-,13-. The van der Waals surface area contributed by atoms with Crippen molar-refractivity contribution >= 4 is 11.8 Å². The highest BCUT2D eigenvalue weighted by Crippen LogP contribution is 2.40. The normalized spacial score (nSPS) is 30.7. The van der Waals surface area contributed by atoms with Crippen molar-refractivity contribution in [1.29, 1.82) is 0 Å². The molecule has 6 heteroatoms. The molecule has 1 aromatic rings. The average Bonchev–Trinajstić information content (AvgIpc) is 2.77. The molecular formula is C13H17N3O3. The molecular weight excluding hydrogens is 246 g/mol. The zero-order valence-corrected chi connectivity index (χ0v) is 10.7. The molecule has 1 amide bonds. The number of hydrogen-bond donors (Lipinski definition) is 1. The number of carbonyl (C=O) groups excluding carboxylic acids is 1. The number of nitrogens with zero attached hydrogens (tertiary/aromatic N) is 3. The summed E-state index contributed by atoms with van der Waals surface area (Å²) in [4.78, 5) is 21.5. The second-order valence-electron chi connectivity index (χ2n) is 5.36. The number of ether oxygens (including phenoxy) is 1. The molecule has 2 fully saturated rings. The van der Waals surface area contributed by atoms with Gasteiger partial charge in [0.25, 0.3) is 0 Å². The van der Waals surface area contributed by atoms with Crippen molar-refractivity contribution < 1.29 is 14.6 Å². The molecule has 1 saturated carbocycles. The predicted octanol–water partition coefficient (Wildman–Crippen LogP) is 1.35. The molecule has 0 aromatic carbocycles. The maximum Gasteiger partial charge on any atom is 0.415 e. The molecule has 1 aliphatic heterocycles. The molecule has 19 heavy (non-hydrogen) atoms. The van der Waals surface area contributed by atoms with Gasteiger partial charge >= 0.3 is 6.09 Å². The summed E-state index contributed by atoms with van der Waals surface area (Å²) >= 11 is 0. The number of aliphatic hydroxyl groups excluding tert-OH is 1. The molecule has 6 nitrogen and oxygen atoms in total. The van der Waals surface area contributed by atoms with Gasteiger partial charge in [0, 0.05) is 6.61 Å². The SMILES string of the molecule is O=C1O[C@]2(CC[C@H](CO)CC2)CN1c1cncnc1. The zero-order chi connectivity index (χ0) is 13.3. The molecule has 0 unspecified atom stereocenters. The fourth-order valence-electron chi connectivity index (χ4n) is 2.90. The van der Waals surface area contributed by atoms with E-state index < -0.39 is 5.60 Å². The highest BCUT2D eigenvalue weighted by molar-refractivity contribution is 5.89. The summed E-state index contributed by atoms with van der Waals surface area (Å²) in [5.41, 5.74) is 0.284. The molecule has 1 N–H and O–H groups in total. The fraction of sp³-hybridized carbons (Fsp3) is 0.615. The Balaban J connectivity index is 1.74. The number of rotatable bonds is 2. The smallest absolute Gasteiger partial charge is 0.415 e. The van der Waals surface area contributed by atoms with Gasteiger partial charge in [-0.15, -0.1) is 0 Å². The van der Waals surface area contributed by atoms with Gasteiger partial charge in [-0.3, -0.25) is 4.90 Å². The first-order valence-corrected chi connectivity index (χ1v) is 6.59. The Morgan fingerprint density at radius 2 is 2.05 bits per heavy atom. The van der Waals surface area contributed by atoms with Crippen LogP contribution in [0.2, 0.25) is 0 Å². The average molecular weight is 263 g/mol. The van der Waals surface area contributed by atoms with Gasteiger partial charge in [-0.05, 0) is 31.6 Å². The molecule has 1 aliphatic carbocycles. The monoisotopic (exact) mass is 263 g/mol. The highest BCUT2D eigenvalue weighted by atomic mass is 16.6. The van der Waals surface area contributed by atoms with Crippen LogP contribution >= 0.6 is 0 Å². The fourth-order valence-corrected chi connectivity index (χ4v) is 2.90. The van der Waals surface area contributed by atoms with E-state index in [1.54, 1.807) is 17.3 Å². The third-order valence-electron chi connectivity index (χ3n) is 4.10. The van der Waals surface area contributed by atoms with E-state index in [9.17, 15) is 4.79 Å². The van der Waals surface area contributed by atoms with E-state index in [0.29, 0.717) is 18.2 Å². The minimum Gasteiger partial charge on any atom is -0.441 e. The Bertz CT molecular complexity index is 457. The molecule has 0 bridgehead atoms. The van der Waals surface area contributed by atoms with Crippen LogP contribution in [0.5, 0.6) is 0 Å². The van der Waals surface area contributed by atoms with E-state index in [1.807, 2.05) is 0 Å². The van der Waals surface area contributed by atoms with E-state index >= 15 is 0 Å². The molecule has 0 atom stereocenters. The van der Waals surface area contributed by atoms with Gasteiger partial charge < -0.3 is 9.84 Å². The lowest BCUT2D eigenvalue weighted by Crippen LogP contribution is -2.39. The summed E-state index contributed by atoms with van der Waals surface area (Å²) in [6, 6.07) is 0. The number of carbonyl (C=O) groups is 1. The first-order valence-electron chi connectivity index (χ1n) is 6.59. The first-order chi connectivity index (χ1) is 9.22. The quantitative estimate of drug-likeness (QED) is 0.871. The Labute approximate surface area is 111 Å². The van der Waals surface area contributed by atoms with Crippen LogP contribution in [0, 0.1) is 5.92 Å². The Morgan fingerprint density at radius 3 is 2.68 bits per heavy atom. The van der Waals surface area contributed by atoms with Crippen LogP contribution in [0.1, 0.15) is 25.7 Å². The van der Waals surface area contributed by atoms with Crippen LogP contribution < -0.4 is 4.90 Å². The molecule has 0 radical (unpaired) electrons. The number of hydrogen-bond acceptors (Lipinski definition) is 5. The largest absolute Gasteiger partial charge is 0.441 e. The molecule has 1 spiro atoms. The van der Waals surface area contributed by atoms with Gasteiger partial charge in [0.1, 0.15) is 11.9 Å².